The van der Waals surface area contributed by atoms with Crippen LogP contribution in [0.1, 0.15) is 18.4 Å². The molecule has 0 N–H and O–H groups in total. The number of nitrogens with zero attached hydrogens (tertiary/aromatic N) is 2. The molecule has 0 saturated carbocycles. The molecule has 1 aromatic carbocycles. The summed E-state index contributed by atoms with van der Waals surface area (Å²) in [6.45, 7) is 1.43. The maximum atomic E-state index is 14.2. The SMILES string of the molecule is CN(c1ccc(C#N)c(Br)c1F)C1CCOCC1. The highest BCUT2D eigenvalue weighted by molar-refractivity contribution is 9.10. The van der Waals surface area contributed by atoms with Gasteiger partial charge >= 0.3 is 0 Å². The molecule has 2 rings (SSSR count). The average Bonchev–Trinajstić information content (AvgIpc) is 2.42. The first-order chi connectivity index (χ1) is 8.65. The van der Waals surface area contributed by atoms with Crippen molar-refractivity contribution in [1.82, 2.24) is 0 Å². The molecular formula is C13H14BrFN2O. The molecule has 0 amide bonds. The molecule has 0 aliphatic carbocycles. The topological polar surface area (TPSA) is 36.3 Å². The normalized spacial score (nSPS) is 16.3. The van der Waals surface area contributed by atoms with E-state index in [1.54, 1.807) is 12.1 Å². The minimum atomic E-state index is -0.372. The number of hydrogen-bond donors (Lipinski definition) is 0. The molecule has 1 aromatic rings. The highest BCUT2D eigenvalue weighted by Gasteiger charge is 2.22. The van der Waals surface area contributed by atoms with Gasteiger partial charge in [0.1, 0.15) is 6.07 Å². The van der Waals surface area contributed by atoms with Crippen molar-refractivity contribution in [3.63, 3.8) is 0 Å². The van der Waals surface area contributed by atoms with Gasteiger partial charge in [-0.3, -0.25) is 0 Å². The Morgan fingerprint density at radius 2 is 2.11 bits per heavy atom. The summed E-state index contributed by atoms with van der Waals surface area (Å²) in [5.41, 5.74) is 0.837. The molecule has 1 aliphatic heterocycles. The van der Waals surface area contributed by atoms with E-state index in [-0.39, 0.29) is 16.3 Å². The van der Waals surface area contributed by atoms with E-state index in [9.17, 15) is 4.39 Å². The Balaban J connectivity index is 2.28. The van der Waals surface area contributed by atoms with Gasteiger partial charge in [0.15, 0.2) is 5.82 Å². The molecule has 0 aromatic heterocycles. The number of rotatable bonds is 2. The van der Waals surface area contributed by atoms with Crippen molar-refractivity contribution in [3.8, 4) is 6.07 Å². The van der Waals surface area contributed by atoms with Crippen LogP contribution in [-0.2, 0) is 4.74 Å². The van der Waals surface area contributed by atoms with Crippen LogP contribution in [0, 0.1) is 17.1 Å². The van der Waals surface area contributed by atoms with Gasteiger partial charge in [-0.25, -0.2) is 4.39 Å². The summed E-state index contributed by atoms with van der Waals surface area (Å²) in [5.74, 6) is -0.372. The molecule has 1 saturated heterocycles. The zero-order valence-corrected chi connectivity index (χ0v) is 11.7. The van der Waals surface area contributed by atoms with Crippen LogP contribution in [0.4, 0.5) is 10.1 Å². The summed E-state index contributed by atoms with van der Waals surface area (Å²) in [6.07, 6.45) is 1.79. The van der Waals surface area contributed by atoms with Crippen LogP contribution in [0.3, 0.4) is 0 Å². The third-order valence-corrected chi connectivity index (χ3v) is 4.08. The van der Waals surface area contributed by atoms with Crippen LogP contribution >= 0.6 is 15.9 Å². The molecular weight excluding hydrogens is 299 g/mol. The van der Waals surface area contributed by atoms with Crippen molar-refractivity contribution < 1.29 is 9.13 Å². The standard InChI is InChI=1S/C13H14BrFN2O/c1-17(10-4-6-18-7-5-10)11-3-2-9(8-16)12(14)13(11)15/h2-3,10H,4-7H2,1H3. The van der Waals surface area contributed by atoms with Crippen LogP contribution in [0.5, 0.6) is 0 Å². The fourth-order valence-electron chi connectivity index (χ4n) is 2.17. The van der Waals surface area contributed by atoms with E-state index in [2.05, 4.69) is 15.9 Å². The quantitative estimate of drug-likeness (QED) is 0.842. The third kappa shape index (κ3) is 2.50. The molecule has 1 aliphatic rings. The van der Waals surface area contributed by atoms with Gasteiger partial charge in [-0.05, 0) is 40.9 Å². The first kappa shape index (κ1) is 13.3. The fourth-order valence-corrected chi connectivity index (χ4v) is 2.59. The molecule has 18 heavy (non-hydrogen) atoms. The fraction of sp³-hybridized carbons (Fsp3) is 0.462. The van der Waals surface area contributed by atoms with E-state index in [0.717, 1.165) is 12.8 Å². The van der Waals surface area contributed by atoms with Gasteiger partial charge in [0, 0.05) is 26.3 Å². The molecule has 1 fully saturated rings. The van der Waals surface area contributed by atoms with E-state index >= 15 is 0 Å². The second-order valence-electron chi connectivity index (χ2n) is 4.33. The Kier molecular flexibility index (Phi) is 4.20. The van der Waals surface area contributed by atoms with Crippen LogP contribution in [0.2, 0.25) is 0 Å². The zero-order chi connectivity index (χ0) is 13.1. The van der Waals surface area contributed by atoms with Crippen LogP contribution in [-0.4, -0.2) is 26.3 Å². The van der Waals surface area contributed by atoms with Crippen molar-refractivity contribution >= 4 is 21.6 Å². The van der Waals surface area contributed by atoms with E-state index in [4.69, 9.17) is 10.00 Å². The zero-order valence-electron chi connectivity index (χ0n) is 10.1. The lowest BCUT2D eigenvalue weighted by Crippen LogP contribution is -2.37. The lowest BCUT2D eigenvalue weighted by molar-refractivity contribution is 0.0853. The number of halogens is 2. The smallest absolute Gasteiger partial charge is 0.161 e. The van der Waals surface area contributed by atoms with Gasteiger partial charge in [-0.2, -0.15) is 5.26 Å². The molecule has 5 heteroatoms. The molecule has 0 atom stereocenters. The Bertz CT molecular complexity index is 481. The first-order valence-electron chi connectivity index (χ1n) is 5.84. The van der Waals surface area contributed by atoms with Crippen LogP contribution < -0.4 is 4.90 Å². The maximum Gasteiger partial charge on any atom is 0.161 e. The van der Waals surface area contributed by atoms with E-state index in [1.807, 2.05) is 18.0 Å². The Morgan fingerprint density at radius 1 is 1.44 bits per heavy atom. The van der Waals surface area contributed by atoms with Gasteiger partial charge < -0.3 is 9.64 Å². The number of anilines is 1. The highest BCUT2D eigenvalue weighted by Crippen LogP contribution is 2.31. The van der Waals surface area contributed by atoms with Crippen LogP contribution in [0.15, 0.2) is 16.6 Å². The van der Waals surface area contributed by atoms with Crippen molar-refractivity contribution in [1.29, 1.82) is 5.26 Å². The summed E-state index contributed by atoms with van der Waals surface area (Å²) in [6, 6.07) is 5.54. The van der Waals surface area contributed by atoms with Crippen molar-refractivity contribution in [3.05, 3.63) is 28.0 Å². The molecule has 3 nitrogen and oxygen atoms in total. The summed E-state index contributed by atoms with van der Waals surface area (Å²) in [5, 5.41) is 8.84. The summed E-state index contributed by atoms with van der Waals surface area (Å²) < 4.78 is 19.7. The van der Waals surface area contributed by atoms with Gasteiger partial charge in [-0.15, -0.1) is 0 Å². The minimum absolute atomic E-state index is 0.237. The Hall–Kier alpha value is -1.12. The second kappa shape index (κ2) is 5.68. The van der Waals surface area contributed by atoms with Gasteiger partial charge in [0.05, 0.1) is 15.7 Å². The second-order valence-corrected chi connectivity index (χ2v) is 5.12. The highest BCUT2D eigenvalue weighted by atomic mass is 79.9. The summed E-state index contributed by atoms with van der Waals surface area (Å²) in [4.78, 5) is 1.93. The predicted octanol–water partition coefficient (Wildman–Crippen LogP) is 3.08. The number of nitriles is 1. The summed E-state index contributed by atoms with van der Waals surface area (Å²) in [7, 11) is 1.88. The van der Waals surface area contributed by atoms with Gasteiger partial charge in [0.25, 0.3) is 0 Å². The molecule has 0 spiro atoms. The van der Waals surface area contributed by atoms with Crippen molar-refractivity contribution in [2.75, 3.05) is 25.2 Å². The van der Waals surface area contributed by atoms with E-state index in [0.29, 0.717) is 24.5 Å². The predicted molar refractivity (Wildman–Crippen MR) is 71.1 cm³/mol. The molecule has 0 unspecified atom stereocenters. The summed E-state index contributed by atoms with van der Waals surface area (Å²) >= 11 is 3.13. The molecule has 1 heterocycles. The number of hydrogen-bond acceptors (Lipinski definition) is 3. The monoisotopic (exact) mass is 312 g/mol. The Morgan fingerprint density at radius 3 is 2.72 bits per heavy atom. The molecule has 96 valence electrons. The van der Waals surface area contributed by atoms with Gasteiger partial charge in [-0.1, -0.05) is 0 Å². The minimum Gasteiger partial charge on any atom is -0.381 e. The largest absolute Gasteiger partial charge is 0.381 e. The number of ether oxygens (including phenoxy) is 1. The number of benzene rings is 1. The average molecular weight is 313 g/mol. The van der Waals surface area contributed by atoms with Gasteiger partial charge in [0.2, 0.25) is 0 Å². The van der Waals surface area contributed by atoms with Crippen molar-refractivity contribution in [2.45, 2.75) is 18.9 Å². The first-order valence-corrected chi connectivity index (χ1v) is 6.63. The third-order valence-electron chi connectivity index (χ3n) is 3.30. The maximum absolute atomic E-state index is 14.2. The molecule has 0 bridgehead atoms. The van der Waals surface area contributed by atoms with Crippen molar-refractivity contribution in [2.24, 2.45) is 0 Å². The molecule has 0 radical (unpaired) electrons. The van der Waals surface area contributed by atoms with E-state index in [1.165, 1.54) is 0 Å². The lowest BCUT2D eigenvalue weighted by Gasteiger charge is -2.33. The van der Waals surface area contributed by atoms with E-state index < -0.39 is 0 Å². The lowest BCUT2D eigenvalue weighted by atomic mass is 10.1. The van der Waals surface area contributed by atoms with Crippen LogP contribution in [0.25, 0.3) is 0 Å². The Labute approximate surface area is 114 Å².